The van der Waals surface area contributed by atoms with Gasteiger partial charge in [0.25, 0.3) is 0 Å². The van der Waals surface area contributed by atoms with Gasteiger partial charge in [0.15, 0.2) is 5.13 Å². The number of anilines is 1. The van der Waals surface area contributed by atoms with Crippen molar-refractivity contribution in [1.29, 1.82) is 0 Å². The van der Waals surface area contributed by atoms with Crippen LogP contribution < -0.4 is 4.90 Å². The third kappa shape index (κ3) is 4.43. The highest BCUT2D eigenvalue weighted by Gasteiger charge is 2.33. The number of benzene rings is 3. The molecule has 4 aromatic rings. The maximum Gasteiger partial charge on any atom is 0.240 e. The first-order valence-electron chi connectivity index (χ1n) is 11.5. The third-order valence-electron chi connectivity index (χ3n) is 6.49. The molecule has 1 aliphatic rings. The van der Waals surface area contributed by atoms with Crippen LogP contribution in [-0.4, -0.2) is 30.1 Å². The van der Waals surface area contributed by atoms with Crippen LogP contribution in [-0.2, 0) is 9.53 Å². The highest BCUT2D eigenvalue weighted by molar-refractivity contribution is 7.22. The number of nitrogens with zero attached hydrogens (tertiary/aromatic N) is 2. The summed E-state index contributed by atoms with van der Waals surface area (Å²) in [5.41, 5.74) is 5.33. The molecule has 2 heterocycles. The van der Waals surface area contributed by atoms with Crippen LogP contribution in [0.4, 0.5) is 5.13 Å². The SMILES string of the molecule is Cc1ccc2sc(N(CC3CCCO3)C(=O)C(c3ccccc3)c3ccccc3)nc2c1C. The minimum absolute atomic E-state index is 0.0380. The van der Waals surface area contributed by atoms with Gasteiger partial charge in [-0.3, -0.25) is 9.69 Å². The lowest BCUT2D eigenvalue weighted by Gasteiger charge is -2.28. The lowest BCUT2D eigenvalue weighted by atomic mass is 9.90. The fourth-order valence-electron chi connectivity index (χ4n) is 4.51. The summed E-state index contributed by atoms with van der Waals surface area (Å²) < 4.78 is 7.05. The second-order valence-corrected chi connectivity index (χ2v) is 9.70. The second kappa shape index (κ2) is 9.46. The average molecular weight is 457 g/mol. The molecule has 33 heavy (non-hydrogen) atoms. The molecule has 1 saturated heterocycles. The summed E-state index contributed by atoms with van der Waals surface area (Å²) in [6.07, 6.45) is 2.04. The first kappa shape index (κ1) is 21.8. The smallest absolute Gasteiger partial charge is 0.240 e. The molecule has 0 bridgehead atoms. The van der Waals surface area contributed by atoms with E-state index in [4.69, 9.17) is 9.72 Å². The largest absolute Gasteiger partial charge is 0.376 e. The Bertz CT molecular complexity index is 1210. The number of thiazole rings is 1. The number of carbonyl (C=O) groups excluding carboxylic acids is 1. The second-order valence-electron chi connectivity index (χ2n) is 8.69. The van der Waals surface area contributed by atoms with Gasteiger partial charge < -0.3 is 4.74 Å². The van der Waals surface area contributed by atoms with Crippen molar-refractivity contribution in [3.05, 3.63) is 95.1 Å². The fourth-order valence-corrected chi connectivity index (χ4v) is 5.55. The molecule has 1 aromatic heterocycles. The molecule has 0 N–H and O–H groups in total. The number of hydrogen-bond donors (Lipinski definition) is 0. The lowest BCUT2D eigenvalue weighted by Crippen LogP contribution is -2.40. The lowest BCUT2D eigenvalue weighted by molar-refractivity contribution is -0.119. The van der Waals surface area contributed by atoms with E-state index in [2.05, 4.69) is 26.0 Å². The van der Waals surface area contributed by atoms with Gasteiger partial charge >= 0.3 is 0 Å². The molecule has 0 radical (unpaired) electrons. The quantitative estimate of drug-likeness (QED) is 0.344. The fraction of sp³-hybridized carbons (Fsp3) is 0.286. The first-order chi connectivity index (χ1) is 16.1. The minimum atomic E-state index is -0.399. The van der Waals surface area contributed by atoms with Gasteiger partial charge in [0.2, 0.25) is 5.91 Å². The van der Waals surface area contributed by atoms with Gasteiger partial charge in [0, 0.05) is 6.61 Å². The molecular formula is C28H28N2O2S. The molecule has 1 fully saturated rings. The first-order valence-corrected chi connectivity index (χ1v) is 12.3. The number of aryl methyl sites for hydroxylation is 2. The van der Waals surface area contributed by atoms with Crippen molar-refractivity contribution in [2.24, 2.45) is 0 Å². The van der Waals surface area contributed by atoms with Gasteiger partial charge in [0.1, 0.15) is 0 Å². The van der Waals surface area contributed by atoms with Crippen molar-refractivity contribution >= 4 is 32.6 Å². The third-order valence-corrected chi connectivity index (χ3v) is 7.54. The van der Waals surface area contributed by atoms with Crippen LogP contribution >= 0.6 is 11.3 Å². The predicted molar refractivity (Wildman–Crippen MR) is 135 cm³/mol. The predicted octanol–water partition coefficient (Wildman–Crippen LogP) is 6.26. The molecule has 1 atom stereocenters. The van der Waals surface area contributed by atoms with E-state index in [0.717, 1.165) is 45.9 Å². The molecule has 1 amide bonds. The van der Waals surface area contributed by atoms with Crippen molar-refractivity contribution in [2.75, 3.05) is 18.1 Å². The Morgan fingerprint density at radius 2 is 1.70 bits per heavy atom. The Morgan fingerprint density at radius 1 is 1.03 bits per heavy atom. The van der Waals surface area contributed by atoms with Gasteiger partial charge in [-0.15, -0.1) is 0 Å². The summed E-state index contributed by atoms with van der Waals surface area (Å²) in [6.45, 7) is 5.48. The van der Waals surface area contributed by atoms with E-state index in [1.54, 1.807) is 11.3 Å². The summed E-state index contributed by atoms with van der Waals surface area (Å²) in [5.74, 6) is -0.361. The van der Waals surface area contributed by atoms with E-state index in [9.17, 15) is 4.79 Å². The van der Waals surface area contributed by atoms with E-state index >= 15 is 0 Å². The zero-order valence-electron chi connectivity index (χ0n) is 19.0. The molecule has 0 saturated carbocycles. The monoisotopic (exact) mass is 456 g/mol. The Labute approximate surface area is 198 Å². The summed E-state index contributed by atoms with van der Waals surface area (Å²) in [4.78, 5) is 21.1. The van der Waals surface area contributed by atoms with E-state index in [-0.39, 0.29) is 12.0 Å². The zero-order valence-corrected chi connectivity index (χ0v) is 19.8. The molecule has 4 nitrogen and oxygen atoms in total. The van der Waals surface area contributed by atoms with Gasteiger partial charge in [-0.25, -0.2) is 4.98 Å². The van der Waals surface area contributed by atoms with Gasteiger partial charge in [-0.2, -0.15) is 0 Å². The van der Waals surface area contributed by atoms with Crippen LogP contribution in [0.25, 0.3) is 10.2 Å². The summed E-state index contributed by atoms with van der Waals surface area (Å²) in [7, 11) is 0. The van der Waals surface area contributed by atoms with Crippen molar-refractivity contribution < 1.29 is 9.53 Å². The molecule has 168 valence electrons. The number of amides is 1. The Morgan fingerprint density at radius 3 is 2.30 bits per heavy atom. The van der Waals surface area contributed by atoms with Crippen molar-refractivity contribution in [3.8, 4) is 0 Å². The molecule has 1 unspecified atom stereocenters. The van der Waals surface area contributed by atoms with Crippen LogP contribution in [0.15, 0.2) is 72.8 Å². The number of ether oxygens (including phenoxy) is 1. The average Bonchev–Trinajstić information content (AvgIpc) is 3.52. The normalized spacial score (nSPS) is 15.9. The zero-order chi connectivity index (χ0) is 22.8. The van der Waals surface area contributed by atoms with Crippen LogP contribution in [0, 0.1) is 13.8 Å². The number of hydrogen-bond acceptors (Lipinski definition) is 4. The Kier molecular flexibility index (Phi) is 6.25. The topological polar surface area (TPSA) is 42.4 Å². The van der Waals surface area contributed by atoms with Crippen molar-refractivity contribution in [1.82, 2.24) is 4.98 Å². The maximum atomic E-state index is 14.3. The minimum Gasteiger partial charge on any atom is -0.376 e. The number of fused-ring (bicyclic) bond motifs is 1. The molecule has 5 heteroatoms. The summed E-state index contributed by atoms with van der Waals surface area (Å²) in [5, 5.41) is 0.746. The van der Waals surface area contributed by atoms with Crippen molar-refractivity contribution in [2.45, 2.75) is 38.7 Å². The van der Waals surface area contributed by atoms with Gasteiger partial charge in [-0.05, 0) is 55.0 Å². The molecule has 0 spiro atoms. The van der Waals surface area contributed by atoms with Crippen molar-refractivity contribution in [3.63, 3.8) is 0 Å². The molecular weight excluding hydrogens is 428 g/mol. The molecule has 3 aromatic carbocycles. The van der Waals surface area contributed by atoms with Gasteiger partial charge in [-0.1, -0.05) is 78.1 Å². The van der Waals surface area contributed by atoms with Crippen LogP contribution in [0.5, 0.6) is 0 Å². The molecule has 5 rings (SSSR count). The maximum absolute atomic E-state index is 14.3. The summed E-state index contributed by atoms with van der Waals surface area (Å²) >= 11 is 1.59. The molecule has 0 aliphatic carbocycles. The molecule has 1 aliphatic heterocycles. The highest BCUT2D eigenvalue weighted by Crippen LogP contribution is 2.36. The Hall–Kier alpha value is -3.02. The summed E-state index contributed by atoms with van der Waals surface area (Å²) in [6, 6.07) is 24.3. The van der Waals surface area contributed by atoms with E-state index < -0.39 is 5.92 Å². The van der Waals surface area contributed by atoms with Crippen LogP contribution in [0.2, 0.25) is 0 Å². The highest BCUT2D eigenvalue weighted by atomic mass is 32.1. The Balaban J connectivity index is 1.60. The number of carbonyl (C=O) groups is 1. The van der Waals surface area contributed by atoms with E-state index in [1.807, 2.05) is 65.6 Å². The standard InChI is InChI=1S/C28H28N2O2S/c1-19-15-16-24-26(20(19)2)29-28(33-24)30(18-23-14-9-17-32-23)27(31)25(21-10-5-3-6-11-21)22-12-7-4-8-13-22/h3-8,10-13,15-16,23,25H,9,14,17-18H2,1-2H3. The number of rotatable bonds is 6. The van der Waals surface area contributed by atoms with Gasteiger partial charge in [0.05, 0.1) is 28.8 Å². The van der Waals surface area contributed by atoms with Crippen LogP contribution in [0.1, 0.15) is 41.0 Å². The van der Waals surface area contributed by atoms with Crippen LogP contribution in [0.3, 0.4) is 0 Å². The number of aromatic nitrogens is 1. The van der Waals surface area contributed by atoms with E-state index in [0.29, 0.717) is 6.54 Å². The van der Waals surface area contributed by atoms with E-state index in [1.165, 1.54) is 11.1 Å².